The maximum Gasteiger partial charge on any atom is 0.227 e. The summed E-state index contributed by atoms with van der Waals surface area (Å²) in [6, 6.07) is 17.8. The average Bonchev–Trinajstić information content (AvgIpc) is 3.13. The second-order valence-electron chi connectivity index (χ2n) is 8.41. The van der Waals surface area contributed by atoms with E-state index in [4.69, 9.17) is 14.6 Å². The van der Waals surface area contributed by atoms with Crippen molar-refractivity contribution in [3.63, 3.8) is 0 Å². The number of para-hydroxylation sites is 3. The van der Waals surface area contributed by atoms with Gasteiger partial charge in [0.2, 0.25) is 5.88 Å². The highest BCUT2D eigenvalue weighted by atomic mass is 16.5. The minimum Gasteiger partial charge on any atom is -0.493 e. The van der Waals surface area contributed by atoms with E-state index in [-0.39, 0.29) is 6.04 Å². The van der Waals surface area contributed by atoms with Gasteiger partial charge in [0, 0.05) is 19.1 Å². The number of ether oxygens (including phenoxy) is 2. The zero-order valence-electron chi connectivity index (χ0n) is 20.1. The minimum absolute atomic E-state index is 0.238. The molecule has 0 fully saturated rings. The topological polar surface area (TPSA) is 59.8 Å². The Hall–Kier alpha value is -3.09. The molecule has 0 spiro atoms. The third kappa shape index (κ3) is 6.24. The molecule has 0 aliphatic carbocycles. The Labute approximate surface area is 197 Å². The normalized spacial score (nSPS) is 12.2. The second-order valence-corrected chi connectivity index (χ2v) is 8.41. The van der Waals surface area contributed by atoms with Crippen molar-refractivity contribution in [3.8, 4) is 23.1 Å². The highest BCUT2D eigenvalue weighted by Gasteiger charge is 2.24. The van der Waals surface area contributed by atoms with Crippen molar-refractivity contribution in [3.05, 3.63) is 78.5 Å². The van der Waals surface area contributed by atoms with Gasteiger partial charge in [-0.1, -0.05) is 36.4 Å². The Kier molecular flexibility index (Phi) is 8.69. The molecule has 1 atom stereocenters. The van der Waals surface area contributed by atoms with E-state index in [9.17, 15) is 5.11 Å². The molecular weight excluding hydrogens is 414 g/mol. The van der Waals surface area contributed by atoms with Crippen LogP contribution in [0.4, 0.5) is 0 Å². The Morgan fingerprint density at radius 1 is 1.09 bits per heavy atom. The van der Waals surface area contributed by atoms with Gasteiger partial charge in [0.1, 0.15) is 0 Å². The summed E-state index contributed by atoms with van der Waals surface area (Å²) in [5, 5.41) is 15.4. The lowest BCUT2D eigenvalue weighted by molar-refractivity contribution is 0.0849. The van der Waals surface area contributed by atoms with Crippen LogP contribution in [0.15, 0.2) is 67.3 Å². The smallest absolute Gasteiger partial charge is 0.227 e. The van der Waals surface area contributed by atoms with Gasteiger partial charge < -0.3 is 14.6 Å². The predicted octanol–water partition coefficient (Wildman–Crippen LogP) is 5.52. The van der Waals surface area contributed by atoms with Gasteiger partial charge in [0.05, 0.1) is 30.2 Å². The fourth-order valence-corrected chi connectivity index (χ4v) is 3.71. The molecule has 2 aromatic carbocycles. The average molecular weight is 450 g/mol. The highest BCUT2D eigenvalue weighted by Crippen LogP contribution is 2.36. The molecule has 1 heterocycles. The Bertz CT molecular complexity index is 1030. The number of aromatic nitrogens is 2. The van der Waals surface area contributed by atoms with Gasteiger partial charge in [-0.2, -0.15) is 5.10 Å². The summed E-state index contributed by atoms with van der Waals surface area (Å²) in [7, 11) is 1.63. The fourth-order valence-electron chi connectivity index (χ4n) is 3.71. The van der Waals surface area contributed by atoms with E-state index >= 15 is 0 Å². The fraction of sp³-hybridized carbons (Fsp3) is 0.370. The number of aliphatic hydroxyl groups excluding tert-OH is 1. The maximum atomic E-state index is 10.5. The zero-order chi connectivity index (χ0) is 23.8. The number of allylic oxidation sites excluding steroid dienone is 1. The van der Waals surface area contributed by atoms with Gasteiger partial charge in [0.25, 0.3) is 0 Å². The molecule has 3 rings (SSSR count). The van der Waals surface area contributed by atoms with E-state index < -0.39 is 6.10 Å². The van der Waals surface area contributed by atoms with Gasteiger partial charge in [0.15, 0.2) is 11.5 Å². The number of rotatable bonds is 12. The molecule has 1 N–H and O–H groups in total. The van der Waals surface area contributed by atoms with Crippen molar-refractivity contribution in [2.75, 3.05) is 13.7 Å². The summed E-state index contributed by atoms with van der Waals surface area (Å²) >= 11 is 0. The first-order valence-electron chi connectivity index (χ1n) is 11.4. The molecule has 1 unspecified atom stereocenters. The van der Waals surface area contributed by atoms with Crippen molar-refractivity contribution in [1.29, 1.82) is 0 Å². The van der Waals surface area contributed by atoms with Crippen molar-refractivity contribution in [2.45, 2.75) is 52.3 Å². The standard InChI is InChI=1S/C27H35N3O3/c1-6-7-15-23(31)18-29(20(2)3)19-24-21(4)28-30(22-13-9-8-10-14-22)27(24)33-26-17-12-11-16-25(26)32-5/h6,8-14,16-17,20,23,31H,1,7,15,18-19H2,2-5H3. The number of hydrogen-bond acceptors (Lipinski definition) is 5. The molecule has 0 saturated carbocycles. The summed E-state index contributed by atoms with van der Waals surface area (Å²) in [6.07, 6.45) is 2.91. The molecule has 1 aromatic heterocycles. The predicted molar refractivity (Wildman–Crippen MR) is 132 cm³/mol. The first-order valence-corrected chi connectivity index (χ1v) is 11.4. The largest absolute Gasteiger partial charge is 0.493 e. The summed E-state index contributed by atoms with van der Waals surface area (Å²) in [5.74, 6) is 1.93. The lowest BCUT2D eigenvalue weighted by Crippen LogP contribution is -2.37. The molecule has 176 valence electrons. The molecule has 6 nitrogen and oxygen atoms in total. The summed E-state index contributed by atoms with van der Waals surface area (Å²) < 4.78 is 13.8. The van der Waals surface area contributed by atoms with Crippen LogP contribution in [0, 0.1) is 6.92 Å². The van der Waals surface area contributed by atoms with E-state index in [2.05, 4.69) is 25.3 Å². The van der Waals surface area contributed by atoms with Gasteiger partial charge in [-0.3, -0.25) is 4.90 Å². The van der Waals surface area contributed by atoms with E-state index in [0.29, 0.717) is 36.9 Å². The third-order valence-corrected chi connectivity index (χ3v) is 5.65. The number of aryl methyl sites for hydroxylation is 1. The molecule has 6 heteroatoms. The molecule has 0 amide bonds. The van der Waals surface area contributed by atoms with Gasteiger partial charge >= 0.3 is 0 Å². The van der Waals surface area contributed by atoms with Gasteiger partial charge in [-0.15, -0.1) is 6.58 Å². The maximum absolute atomic E-state index is 10.5. The van der Waals surface area contributed by atoms with Crippen molar-refractivity contribution in [2.24, 2.45) is 0 Å². The van der Waals surface area contributed by atoms with Crippen LogP contribution in [0.5, 0.6) is 17.4 Å². The van der Waals surface area contributed by atoms with Crippen LogP contribution < -0.4 is 9.47 Å². The van der Waals surface area contributed by atoms with Crippen LogP contribution in [0.3, 0.4) is 0 Å². The van der Waals surface area contributed by atoms with Crippen molar-refractivity contribution in [1.82, 2.24) is 14.7 Å². The highest BCUT2D eigenvalue weighted by molar-refractivity contribution is 5.47. The van der Waals surface area contributed by atoms with Crippen LogP contribution in [0.25, 0.3) is 5.69 Å². The molecule has 0 saturated heterocycles. The summed E-state index contributed by atoms with van der Waals surface area (Å²) in [5.41, 5.74) is 2.78. The van der Waals surface area contributed by atoms with Crippen LogP contribution in [-0.4, -0.2) is 45.6 Å². The van der Waals surface area contributed by atoms with Gasteiger partial charge in [-0.05, 0) is 57.9 Å². The first kappa shape index (κ1) is 24.6. The van der Waals surface area contributed by atoms with Crippen molar-refractivity contribution < 1.29 is 14.6 Å². The summed E-state index contributed by atoms with van der Waals surface area (Å²) in [4.78, 5) is 2.25. The number of aliphatic hydroxyl groups is 1. The van der Waals surface area contributed by atoms with Crippen LogP contribution >= 0.6 is 0 Å². The van der Waals surface area contributed by atoms with E-state index in [1.54, 1.807) is 7.11 Å². The van der Waals surface area contributed by atoms with E-state index in [1.807, 2.05) is 72.3 Å². The van der Waals surface area contributed by atoms with Crippen molar-refractivity contribution >= 4 is 0 Å². The first-order chi connectivity index (χ1) is 15.9. The minimum atomic E-state index is -0.423. The Balaban J connectivity index is 2.01. The lowest BCUT2D eigenvalue weighted by atomic mass is 10.1. The molecule has 0 bridgehead atoms. The number of nitrogens with zero attached hydrogens (tertiary/aromatic N) is 3. The molecule has 3 aromatic rings. The second kappa shape index (κ2) is 11.7. The summed E-state index contributed by atoms with van der Waals surface area (Å²) in [6.45, 7) is 11.2. The molecule has 0 radical (unpaired) electrons. The molecule has 0 aliphatic heterocycles. The van der Waals surface area contributed by atoms with E-state index in [0.717, 1.165) is 23.4 Å². The SMILES string of the molecule is C=CCCC(O)CN(Cc1c(C)nn(-c2ccccc2)c1Oc1ccccc1OC)C(C)C. The zero-order valence-corrected chi connectivity index (χ0v) is 20.1. The monoisotopic (exact) mass is 449 g/mol. The van der Waals surface area contributed by atoms with Gasteiger partial charge in [-0.25, -0.2) is 4.68 Å². The lowest BCUT2D eigenvalue weighted by Gasteiger charge is -2.29. The van der Waals surface area contributed by atoms with Crippen LogP contribution in [-0.2, 0) is 6.54 Å². The van der Waals surface area contributed by atoms with Crippen LogP contribution in [0.1, 0.15) is 37.9 Å². The van der Waals surface area contributed by atoms with E-state index in [1.165, 1.54) is 0 Å². The molecule has 33 heavy (non-hydrogen) atoms. The Morgan fingerprint density at radius 3 is 2.39 bits per heavy atom. The number of methoxy groups -OCH3 is 1. The number of benzene rings is 2. The third-order valence-electron chi connectivity index (χ3n) is 5.65. The quantitative estimate of drug-likeness (QED) is 0.369. The molecule has 0 aliphatic rings. The Morgan fingerprint density at radius 2 is 1.76 bits per heavy atom. The number of hydrogen-bond donors (Lipinski definition) is 1. The molecular formula is C27H35N3O3. The van der Waals surface area contributed by atoms with Crippen LogP contribution in [0.2, 0.25) is 0 Å².